The number of hydrogen-bond donors (Lipinski definition) is 3. The lowest BCUT2D eigenvalue weighted by atomic mass is 9.93. The molecule has 0 saturated carbocycles. The molecule has 0 spiro atoms. The quantitative estimate of drug-likeness (QED) is 0.108. The summed E-state index contributed by atoms with van der Waals surface area (Å²) in [5.41, 5.74) is 7.18. The average Bonchev–Trinajstić information content (AvgIpc) is 3.05. The third-order valence-electron chi connectivity index (χ3n) is 5.97. The van der Waals surface area contributed by atoms with Crippen LogP contribution in [0.2, 0.25) is 0 Å². The highest BCUT2D eigenvalue weighted by Gasteiger charge is 2.11. The number of rotatable bonds is 13. The van der Waals surface area contributed by atoms with Gasteiger partial charge in [0.1, 0.15) is 18.3 Å². The maximum Gasteiger partial charge on any atom is 0.218 e. The smallest absolute Gasteiger partial charge is 0.218 e. The van der Waals surface area contributed by atoms with Crippen LogP contribution in [0.1, 0.15) is 65.5 Å². The molecule has 0 amide bonds. The molecule has 0 radical (unpaired) electrons. The second kappa shape index (κ2) is 23.0. The third kappa shape index (κ3) is 13.3. The SMILES string of the molecule is C=CC(O)Cc1ccc(O/C=C/OC(O)C(=C)C)cc1-c1ccc(-c2ccc(CCCC)cc2)cc1.CC.CC.CO. The van der Waals surface area contributed by atoms with Crippen LogP contribution in [0.4, 0.5) is 0 Å². The molecule has 5 nitrogen and oxygen atoms in total. The van der Waals surface area contributed by atoms with Crippen molar-refractivity contribution in [3.8, 4) is 28.0 Å². The molecule has 0 aliphatic carbocycles. The monoisotopic (exact) mass is 576 g/mol. The number of hydrogen-bond acceptors (Lipinski definition) is 5. The van der Waals surface area contributed by atoms with Crippen LogP contribution in [0.3, 0.4) is 0 Å². The summed E-state index contributed by atoms with van der Waals surface area (Å²) in [6.07, 6.45) is 6.45. The molecule has 0 aliphatic rings. The molecule has 0 saturated heterocycles. The minimum Gasteiger partial charge on any atom is -0.466 e. The van der Waals surface area contributed by atoms with Gasteiger partial charge in [-0.25, -0.2) is 0 Å². The van der Waals surface area contributed by atoms with E-state index in [4.69, 9.17) is 14.6 Å². The van der Waals surface area contributed by atoms with E-state index in [0.717, 1.165) is 35.8 Å². The predicted molar refractivity (Wildman–Crippen MR) is 178 cm³/mol. The van der Waals surface area contributed by atoms with Gasteiger partial charge in [0.05, 0.1) is 6.10 Å². The maximum atomic E-state index is 10.2. The molecule has 3 rings (SSSR count). The lowest BCUT2D eigenvalue weighted by Gasteiger charge is -2.14. The van der Waals surface area contributed by atoms with Crippen molar-refractivity contribution in [2.75, 3.05) is 7.11 Å². The Hall–Kier alpha value is -3.64. The summed E-state index contributed by atoms with van der Waals surface area (Å²) in [5.74, 6) is 0.609. The molecule has 2 unspecified atom stereocenters. The fourth-order valence-electron chi connectivity index (χ4n) is 3.80. The van der Waals surface area contributed by atoms with Crippen molar-refractivity contribution in [2.24, 2.45) is 0 Å². The van der Waals surface area contributed by atoms with E-state index in [0.29, 0.717) is 17.7 Å². The minimum atomic E-state index is -1.07. The summed E-state index contributed by atoms with van der Waals surface area (Å²) in [7, 11) is 1.00. The number of benzene rings is 3. The molecule has 3 aromatic rings. The molecule has 3 aromatic carbocycles. The molecule has 42 heavy (non-hydrogen) atoms. The van der Waals surface area contributed by atoms with Gasteiger partial charge in [0, 0.05) is 13.5 Å². The molecule has 0 heterocycles. The zero-order chi connectivity index (χ0) is 31.9. The Morgan fingerprint density at radius 2 is 1.38 bits per heavy atom. The van der Waals surface area contributed by atoms with Crippen LogP contribution in [-0.4, -0.2) is 34.8 Å². The molecule has 3 N–H and O–H groups in total. The number of aliphatic hydroxyl groups is 3. The fraction of sp³-hybridized carbons (Fsp3) is 0.351. The molecule has 230 valence electrons. The Bertz CT molecular complexity index is 1160. The Morgan fingerprint density at radius 3 is 1.90 bits per heavy atom. The van der Waals surface area contributed by atoms with E-state index < -0.39 is 12.4 Å². The molecular formula is C37H52O5. The van der Waals surface area contributed by atoms with Gasteiger partial charge in [-0.3, -0.25) is 0 Å². The van der Waals surface area contributed by atoms with Gasteiger partial charge in [-0.2, -0.15) is 0 Å². The van der Waals surface area contributed by atoms with E-state index in [9.17, 15) is 10.2 Å². The van der Waals surface area contributed by atoms with Crippen LogP contribution in [0.25, 0.3) is 22.3 Å². The van der Waals surface area contributed by atoms with E-state index in [2.05, 4.69) is 68.6 Å². The molecule has 0 aliphatic heterocycles. The zero-order valence-corrected chi connectivity index (χ0v) is 26.6. The molecule has 0 fully saturated rings. The summed E-state index contributed by atoms with van der Waals surface area (Å²) < 4.78 is 10.8. The average molecular weight is 577 g/mol. The lowest BCUT2D eigenvalue weighted by Crippen LogP contribution is -2.08. The van der Waals surface area contributed by atoms with Crippen molar-refractivity contribution in [1.29, 1.82) is 0 Å². The highest BCUT2D eigenvalue weighted by Crippen LogP contribution is 2.31. The van der Waals surface area contributed by atoms with Crippen molar-refractivity contribution >= 4 is 0 Å². The summed E-state index contributed by atoms with van der Waals surface area (Å²) in [5, 5.41) is 26.8. The van der Waals surface area contributed by atoms with E-state index in [1.54, 1.807) is 6.92 Å². The Morgan fingerprint density at radius 1 is 0.833 bits per heavy atom. The topological polar surface area (TPSA) is 79.2 Å². The first-order valence-corrected chi connectivity index (χ1v) is 14.8. The molecular weight excluding hydrogens is 524 g/mol. The van der Waals surface area contributed by atoms with Gasteiger partial charge >= 0.3 is 0 Å². The van der Waals surface area contributed by atoms with Crippen LogP contribution in [0, 0.1) is 0 Å². The first kappa shape index (κ1) is 38.4. The van der Waals surface area contributed by atoms with Crippen LogP contribution in [-0.2, 0) is 17.6 Å². The fourth-order valence-corrected chi connectivity index (χ4v) is 3.80. The highest BCUT2D eigenvalue weighted by molar-refractivity contribution is 5.73. The van der Waals surface area contributed by atoms with E-state index in [1.165, 1.54) is 42.6 Å². The minimum absolute atomic E-state index is 0.448. The highest BCUT2D eigenvalue weighted by atomic mass is 16.6. The summed E-state index contributed by atoms with van der Waals surface area (Å²) in [4.78, 5) is 0. The van der Waals surface area contributed by atoms with Crippen molar-refractivity contribution < 1.29 is 24.8 Å². The number of aliphatic hydroxyl groups excluding tert-OH is 3. The maximum absolute atomic E-state index is 10.2. The largest absolute Gasteiger partial charge is 0.466 e. The van der Waals surface area contributed by atoms with Crippen molar-refractivity contribution in [3.05, 3.63) is 115 Å². The zero-order valence-electron chi connectivity index (χ0n) is 26.6. The number of ether oxygens (including phenoxy) is 2. The molecule has 2 atom stereocenters. The number of aryl methyl sites for hydroxylation is 1. The van der Waals surface area contributed by atoms with Crippen LogP contribution >= 0.6 is 0 Å². The molecule has 5 heteroatoms. The van der Waals surface area contributed by atoms with Gasteiger partial charge in [-0.15, -0.1) is 6.58 Å². The second-order valence-electron chi connectivity index (χ2n) is 8.93. The normalized spacial score (nSPS) is 11.4. The van der Waals surface area contributed by atoms with Crippen LogP contribution in [0.15, 0.2) is 104 Å². The van der Waals surface area contributed by atoms with Crippen molar-refractivity contribution in [3.63, 3.8) is 0 Å². The van der Waals surface area contributed by atoms with Gasteiger partial charge in [-0.1, -0.05) is 108 Å². The number of unbranched alkanes of at least 4 members (excludes halogenated alkanes) is 1. The van der Waals surface area contributed by atoms with Gasteiger partial charge in [0.2, 0.25) is 6.29 Å². The van der Waals surface area contributed by atoms with E-state index in [1.807, 2.05) is 45.9 Å². The van der Waals surface area contributed by atoms with Gasteiger partial charge in [0.15, 0.2) is 0 Å². The summed E-state index contributed by atoms with van der Waals surface area (Å²) in [6.45, 7) is 19.2. The third-order valence-corrected chi connectivity index (χ3v) is 5.97. The van der Waals surface area contributed by atoms with Gasteiger partial charge < -0.3 is 24.8 Å². The molecule has 0 aromatic heterocycles. The van der Waals surface area contributed by atoms with E-state index >= 15 is 0 Å². The molecule has 0 bridgehead atoms. The lowest BCUT2D eigenvalue weighted by molar-refractivity contribution is -0.0217. The van der Waals surface area contributed by atoms with E-state index in [-0.39, 0.29) is 0 Å². The van der Waals surface area contributed by atoms with Crippen LogP contribution < -0.4 is 4.74 Å². The first-order valence-electron chi connectivity index (χ1n) is 14.8. The second-order valence-corrected chi connectivity index (χ2v) is 8.93. The predicted octanol–water partition coefficient (Wildman–Crippen LogP) is 8.87. The van der Waals surface area contributed by atoms with Gasteiger partial charge in [-0.05, 0) is 70.9 Å². The standard InChI is InChI=1S/C32H36O4.2C2H6.CH4O/c1-5-7-8-24-9-11-25(12-10-24)26-13-15-27(16-14-26)31-22-30(18-17-28(31)21-29(33)6-2)35-19-20-36-32(34)23(3)4;3*1-2/h6,9-20,22,29,32-34H,2-3,5,7-8,21H2,1,4H3;2*1-2H3;2H,1H3/b20-19+;;;. The Labute approximate surface area is 254 Å². The van der Waals surface area contributed by atoms with Gasteiger partial charge in [0.25, 0.3) is 0 Å². The van der Waals surface area contributed by atoms with Crippen molar-refractivity contribution in [1.82, 2.24) is 0 Å². The Kier molecular flexibility index (Phi) is 21.0. The Balaban J connectivity index is 0.00000263. The first-order chi connectivity index (χ1) is 20.4. The van der Waals surface area contributed by atoms with Crippen molar-refractivity contribution in [2.45, 2.75) is 79.6 Å². The van der Waals surface area contributed by atoms with Crippen LogP contribution in [0.5, 0.6) is 5.75 Å². The summed E-state index contributed by atoms with van der Waals surface area (Å²) in [6, 6.07) is 22.9. The summed E-state index contributed by atoms with van der Waals surface area (Å²) >= 11 is 0.